The summed E-state index contributed by atoms with van der Waals surface area (Å²) in [6, 6.07) is 10.1. The number of hydrogen-bond acceptors (Lipinski definition) is 5. The summed E-state index contributed by atoms with van der Waals surface area (Å²) in [6.45, 7) is 4.65. The van der Waals surface area contributed by atoms with Gasteiger partial charge in [-0.2, -0.15) is 0 Å². The molecular formula is C20H32N2O4. The number of aromatic nitrogens is 1. The molecule has 6 heteroatoms. The van der Waals surface area contributed by atoms with E-state index in [2.05, 4.69) is 6.92 Å². The zero-order chi connectivity index (χ0) is 18.8. The van der Waals surface area contributed by atoms with Gasteiger partial charge in [0.1, 0.15) is 0 Å². The number of benzene rings is 1. The van der Waals surface area contributed by atoms with E-state index in [9.17, 15) is 15.3 Å². The van der Waals surface area contributed by atoms with Crippen molar-refractivity contribution in [1.29, 1.82) is 0 Å². The Labute approximate surface area is 155 Å². The molecule has 1 heterocycles. The Morgan fingerprint density at radius 3 is 2.65 bits per heavy atom. The summed E-state index contributed by atoms with van der Waals surface area (Å²) in [5.41, 5.74) is 1.09. The van der Waals surface area contributed by atoms with Gasteiger partial charge in [-0.1, -0.05) is 31.5 Å². The van der Waals surface area contributed by atoms with Gasteiger partial charge in [-0.15, -0.1) is 0 Å². The molecule has 1 aromatic carbocycles. The average molecular weight is 364 g/mol. The molecule has 0 aliphatic rings. The van der Waals surface area contributed by atoms with E-state index in [-0.39, 0.29) is 13.2 Å². The summed E-state index contributed by atoms with van der Waals surface area (Å²) in [5.74, 6) is 0. The summed E-state index contributed by atoms with van der Waals surface area (Å²) >= 11 is 0. The predicted octanol–water partition coefficient (Wildman–Crippen LogP) is 1.47. The van der Waals surface area contributed by atoms with Crippen molar-refractivity contribution in [3.05, 3.63) is 36.5 Å². The second-order valence-electron chi connectivity index (χ2n) is 6.75. The first-order valence-electron chi connectivity index (χ1n) is 9.45. The minimum absolute atomic E-state index is 0.0113. The van der Waals surface area contributed by atoms with Crippen molar-refractivity contribution in [3.8, 4) is 0 Å². The van der Waals surface area contributed by atoms with Crippen LogP contribution in [-0.4, -0.2) is 76.4 Å². The molecule has 0 saturated carbocycles. The van der Waals surface area contributed by atoms with Crippen LogP contribution in [0.25, 0.3) is 10.9 Å². The number of rotatable bonds is 13. The molecule has 2 rings (SSSR count). The van der Waals surface area contributed by atoms with Crippen LogP contribution in [0, 0.1) is 0 Å². The Hall–Kier alpha value is -1.44. The van der Waals surface area contributed by atoms with Crippen LogP contribution in [0.15, 0.2) is 36.5 Å². The van der Waals surface area contributed by atoms with Gasteiger partial charge in [-0.3, -0.25) is 4.90 Å². The summed E-state index contributed by atoms with van der Waals surface area (Å²) in [5, 5.41) is 31.0. The third-order valence-electron chi connectivity index (χ3n) is 4.39. The van der Waals surface area contributed by atoms with Crippen LogP contribution >= 0.6 is 0 Å². The van der Waals surface area contributed by atoms with Crippen molar-refractivity contribution in [2.24, 2.45) is 0 Å². The third kappa shape index (κ3) is 6.70. The highest BCUT2D eigenvalue weighted by Crippen LogP contribution is 2.15. The highest BCUT2D eigenvalue weighted by Gasteiger charge is 2.16. The molecule has 0 amide bonds. The normalized spacial score (nSPS) is 14.2. The largest absolute Gasteiger partial charge is 0.395 e. The zero-order valence-electron chi connectivity index (χ0n) is 15.6. The molecule has 6 nitrogen and oxygen atoms in total. The number of nitrogens with zero attached hydrogens (tertiary/aromatic N) is 2. The number of para-hydroxylation sites is 1. The van der Waals surface area contributed by atoms with Gasteiger partial charge < -0.3 is 24.6 Å². The Kier molecular flexibility index (Phi) is 9.08. The van der Waals surface area contributed by atoms with Crippen molar-refractivity contribution in [1.82, 2.24) is 9.47 Å². The van der Waals surface area contributed by atoms with Crippen LogP contribution in [0.2, 0.25) is 0 Å². The van der Waals surface area contributed by atoms with Crippen molar-refractivity contribution in [3.63, 3.8) is 0 Å². The van der Waals surface area contributed by atoms with Gasteiger partial charge in [0.15, 0.2) is 0 Å². The van der Waals surface area contributed by atoms with Gasteiger partial charge in [-0.25, -0.2) is 0 Å². The van der Waals surface area contributed by atoms with Gasteiger partial charge in [0, 0.05) is 44.5 Å². The molecule has 0 saturated heterocycles. The molecule has 146 valence electrons. The van der Waals surface area contributed by atoms with Crippen molar-refractivity contribution in [2.75, 3.05) is 39.5 Å². The minimum atomic E-state index is -0.627. The van der Waals surface area contributed by atoms with Crippen LogP contribution in [0.3, 0.4) is 0 Å². The van der Waals surface area contributed by atoms with Crippen LogP contribution in [0.5, 0.6) is 0 Å². The van der Waals surface area contributed by atoms with E-state index in [1.54, 1.807) is 0 Å². The maximum absolute atomic E-state index is 10.5. The molecule has 1 aromatic heterocycles. The van der Waals surface area contributed by atoms with Crippen molar-refractivity contribution < 1.29 is 20.1 Å². The van der Waals surface area contributed by atoms with Gasteiger partial charge in [0.05, 0.1) is 25.4 Å². The number of hydrogen-bond donors (Lipinski definition) is 3. The maximum atomic E-state index is 10.5. The van der Waals surface area contributed by atoms with E-state index >= 15 is 0 Å². The topological polar surface area (TPSA) is 78.1 Å². The molecule has 0 fully saturated rings. The maximum Gasteiger partial charge on any atom is 0.0900 e. The molecule has 0 unspecified atom stereocenters. The second-order valence-corrected chi connectivity index (χ2v) is 6.75. The number of unbranched alkanes of at least 4 members (excludes halogenated alkanes) is 1. The Bertz CT molecular complexity index is 631. The standard InChI is InChI=1S/C20H32N2O4/c1-2-3-12-26-16-19(25)14-21(10-11-23)13-18(24)15-22-9-8-17-6-4-5-7-20(17)22/h4-9,18-19,23-25H,2-3,10-16H2,1H3/t18-,19+/m1/s1. The lowest BCUT2D eigenvalue weighted by Crippen LogP contribution is -2.42. The fraction of sp³-hybridized carbons (Fsp3) is 0.600. The summed E-state index contributed by atoms with van der Waals surface area (Å²) in [6.07, 6.45) is 2.80. The van der Waals surface area contributed by atoms with E-state index in [4.69, 9.17) is 4.74 Å². The van der Waals surface area contributed by atoms with Gasteiger partial charge in [-0.05, 0) is 23.9 Å². The molecular weight excluding hydrogens is 332 g/mol. The van der Waals surface area contributed by atoms with Crippen LogP contribution < -0.4 is 0 Å². The summed E-state index contributed by atoms with van der Waals surface area (Å²) in [4.78, 5) is 1.88. The van der Waals surface area contributed by atoms with Crippen molar-refractivity contribution in [2.45, 2.75) is 38.5 Å². The monoisotopic (exact) mass is 364 g/mol. The molecule has 3 N–H and O–H groups in total. The summed E-state index contributed by atoms with van der Waals surface area (Å²) in [7, 11) is 0. The SMILES string of the molecule is CCCCOC[C@@H](O)CN(CCO)C[C@@H](O)Cn1ccc2ccccc21. The van der Waals surface area contributed by atoms with Gasteiger partial charge >= 0.3 is 0 Å². The predicted molar refractivity (Wildman–Crippen MR) is 103 cm³/mol. The van der Waals surface area contributed by atoms with E-state index in [1.807, 2.05) is 46.0 Å². The quantitative estimate of drug-likeness (QED) is 0.469. The molecule has 0 radical (unpaired) electrons. The van der Waals surface area contributed by atoms with E-state index < -0.39 is 12.2 Å². The smallest absolute Gasteiger partial charge is 0.0900 e. The molecule has 0 bridgehead atoms. The number of aliphatic hydroxyl groups excluding tert-OH is 3. The molecule has 0 aliphatic carbocycles. The van der Waals surface area contributed by atoms with E-state index in [0.29, 0.717) is 32.8 Å². The number of fused-ring (bicyclic) bond motifs is 1. The lowest BCUT2D eigenvalue weighted by atomic mass is 10.2. The molecule has 26 heavy (non-hydrogen) atoms. The Balaban J connectivity index is 1.83. The molecule has 2 aromatic rings. The second kappa shape index (κ2) is 11.3. The first kappa shape index (κ1) is 20.9. The fourth-order valence-corrected chi connectivity index (χ4v) is 3.10. The van der Waals surface area contributed by atoms with Gasteiger partial charge in [0.25, 0.3) is 0 Å². The van der Waals surface area contributed by atoms with Gasteiger partial charge in [0.2, 0.25) is 0 Å². The molecule has 2 atom stereocenters. The van der Waals surface area contributed by atoms with Crippen LogP contribution in [0.1, 0.15) is 19.8 Å². The lowest BCUT2D eigenvalue weighted by Gasteiger charge is -2.27. The van der Waals surface area contributed by atoms with E-state index in [1.165, 1.54) is 0 Å². The first-order valence-corrected chi connectivity index (χ1v) is 9.45. The number of ether oxygens (including phenoxy) is 1. The number of aliphatic hydroxyl groups is 3. The zero-order valence-corrected chi connectivity index (χ0v) is 15.6. The Morgan fingerprint density at radius 1 is 1.12 bits per heavy atom. The first-order chi connectivity index (χ1) is 12.6. The summed E-state index contributed by atoms with van der Waals surface area (Å²) < 4.78 is 7.48. The highest BCUT2D eigenvalue weighted by molar-refractivity contribution is 5.79. The van der Waals surface area contributed by atoms with E-state index in [0.717, 1.165) is 23.7 Å². The Morgan fingerprint density at radius 2 is 1.88 bits per heavy atom. The van der Waals surface area contributed by atoms with Crippen LogP contribution in [0.4, 0.5) is 0 Å². The fourth-order valence-electron chi connectivity index (χ4n) is 3.10. The minimum Gasteiger partial charge on any atom is -0.395 e. The third-order valence-corrected chi connectivity index (χ3v) is 4.39. The molecule has 0 aliphatic heterocycles. The lowest BCUT2D eigenvalue weighted by molar-refractivity contribution is 0.00248. The average Bonchev–Trinajstić information content (AvgIpc) is 3.02. The highest BCUT2D eigenvalue weighted by atomic mass is 16.5. The molecule has 0 spiro atoms. The van der Waals surface area contributed by atoms with Crippen LogP contribution in [-0.2, 0) is 11.3 Å². The van der Waals surface area contributed by atoms with Crippen molar-refractivity contribution >= 4 is 10.9 Å².